The van der Waals surface area contributed by atoms with Crippen LogP contribution in [0.4, 0.5) is 0 Å². The monoisotopic (exact) mass is 171 g/mol. The third-order valence-corrected chi connectivity index (χ3v) is 1.98. The first-order valence-electron chi connectivity index (χ1n) is 4.32. The van der Waals surface area contributed by atoms with E-state index in [1.165, 1.54) is 0 Å². The molecule has 0 aromatic heterocycles. The van der Waals surface area contributed by atoms with Gasteiger partial charge in [-0.3, -0.25) is 9.69 Å². The third-order valence-electron chi connectivity index (χ3n) is 1.98. The van der Waals surface area contributed by atoms with Gasteiger partial charge in [-0.25, -0.2) is 0 Å². The standard InChI is InChI=1S/C8H17N3O/c1-10(2)5-6-11-4-3-9-8(12)7-11/h3-7H2,1-2H3,(H,9,12). The number of carbonyl (C=O) groups excluding carboxylic acids is 1. The summed E-state index contributed by atoms with van der Waals surface area (Å²) >= 11 is 0. The van der Waals surface area contributed by atoms with Crippen LogP contribution < -0.4 is 5.32 Å². The highest BCUT2D eigenvalue weighted by Gasteiger charge is 2.14. The van der Waals surface area contributed by atoms with Gasteiger partial charge in [0.2, 0.25) is 5.91 Å². The van der Waals surface area contributed by atoms with Crippen molar-refractivity contribution in [2.45, 2.75) is 0 Å². The van der Waals surface area contributed by atoms with Gasteiger partial charge < -0.3 is 10.2 Å². The molecule has 0 atom stereocenters. The lowest BCUT2D eigenvalue weighted by atomic mass is 10.3. The van der Waals surface area contributed by atoms with Crippen molar-refractivity contribution in [3.05, 3.63) is 0 Å². The summed E-state index contributed by atoms with van der Waals surface area (Å²) in [6, 6.07) is 0. The van der Waals surface area contributed by atoms with Crippen molar-refractivity contribution in [3.8, 4) is 0 Å². The molecule has 70 valence electrons. The fourth-order valence-electron chi connectivity index (χ4n) is 1.22. The lowest BCUT2D eigenvalue weighted by Crippen LogP contribution is -2.49. The topological polar surface area (TPSA) is 35.6 Å². The molecule has 1 N–H and O–H groups in total. The molecule has 1 amide bonds. The molecule has 0 spiro atoms. The predicted molar refractivity (Wildman–Crippen MR) is 48.0 cm³/mol. The van der Waals surface area contributed by atoms with Gasteiger partial charge in [0, 0.05) is 26.2 Å². The number of hydrogen-bond donors (Lipinski definition) is 1. The second-order valence-corrected chi connectivity index (χ2v) is 3.43. The molecule has 0 bridgehead atoms. The van der Waals surface area contributed by atoms with E-state index >= 15 is 0 Å². The van der Waals surface area contributed by atoms with Crippen molar-refractivity contribution in [2.75, 3.05) is 46.8 Å². The van der Waals surface area contributed by atoms with E-state index in [9.17, 15) is 4.79 Å². The molecule has 0 aromatic rings. The van der Waals surface area contributed by atoms with Crippen LogP contribution in [0.3, 0.4) is 0 Å². The first-order chi connectivity index (χ1) is 5.68. The minimum Gasteiger partial charge on any atom is -0.354 e. The summed E-state index contributed by atoms with van der Waals surface area (Å²) < 4.78 is 0. The van der Waals surface area contributed by atoms with Crippen molar-refractivity contribution < 1.29 is 4.79 Å². The second-order valence-electron chi connectivity index (χ2n) is 3.43. The Labute approximate surface area is 73.5 Å². The molecule has 1 rings (SSSR count). The summed E-state index contributed by atoms with van der Waals surface area (Å²) in [7, 11) is 4.09. The summed E-state index contributed by atoms with van der Waals surface area (Å²) in [5.74, 6) is 0.153. The lowest BCUT2D eigenvalue weighted by Gasteiger charge is -2.27. The van der Waals surface area contributed by atoms with Gasteiger partial charge in [0.1, 0.15) is 0 Å². The van der Waals surface area contributed by atoms with Crippen LogP contribution in [0.1, 0.15) is 0 Å². The van der Waals surface area contributed by atoms with Crippen LogP contribution in [-0.4, -0.2) is 62.5 Å². The molecule has 0 aliphatic carbocycles. The highest BCUT2D eigenvalue weighted by atomic mass is 16.2. The van der Waals surface area contributed by atoms with Crippen molar-refractivity contribution >= 4 is 5.91 Å². The van der Waals surface area contributed by atoms with Crippen LogP contribution in [0.5, 0.6) is 0 Å². The van der Waals surface area contributed by atoms with Crippen molar-refractivity contribution in [1.82, 2.24) is 15.1 Å². The Balaban J connectivity index is 2.18. The van der Waals surface area contributed by atoms with Gasteiger partial charge in [0.25, 0.3) is 0 Å². The zero-order valence-electron chi connectivity index (χ0n) is 7.84. The maximum absolute atomic E-state index is 11.0. The SMILES string of the molecule is CN(C)CCN1CCNC(=O)C1. The number of amides is 1. The Bertz CT molecular complexity index is 158. The number of rotatable bonds is 3. The zero-order valence-corrected chi connectivity index (χ0v) is 7.84. The Kier molecular flexibility index (Phi) is 3.49. The molecule has 1 saturated heterocycles. The second kappa shape index (κ2) is 4.42. The quantitative estimate of drug-likeness (QED) is 0.590. The summed E-state index contributed by atoms with van der Waals surface area (Å²) in [6.07, 6.45) is 0. The van der Waals surface area contributed by atoms with Crippen LogP contribution in [0, 0.1) is 0 Å². The Hall–Kier alpha value is -0.610. The summed E-state index contributed by atoms with van der Waals surface area (Å²) in [5.41, 5.74) is 0. The molecule has 12 heavy (non-hydrogen) atoms. The first kappa shape index (κ1) is 9.48. The molecule has 0 aromatic carbocycles. The van der Waals surface area contributed by atoms with Crippen LogP contribution >= 0.6 is 0 Å². The fraction of sp³-hybridized carbons (Fsp3) is 0.875. The summed E-state index contributed by atoms with van der Waals surface area (Å²) in [4.78, 5) is 15.3. The average Bonchev–Trinajstić information content (AvgIpc) is 2.01. The summed E-state index contributed by atoms with van der Waals surface area (Å²) in [5, 5.41) is 2.81. The van der Waals surface area contributed by atoms with Crippen LogP contribution in [0.2, 0.25) is 0 Å². The maximum Gasteiger partial charge on any atom is 0.234 e. The molecule has 0 radical (unpaired) electrons. The van der Waals surface area contributed by atoms with E-state index in [1.54, 1.807) is 0 Å². The minimum atomic E-state index is 0.153. The van der Waals surface area contributed by atoms with Crippen molar-refractivity contribution in [3.63, 3.8) is 0 Å². The number of likely N-dealkylation sites (N-methyl/N-ethyl adjacent to an activating group) is 1. The van der Waals surface area contributed by atoms with Gasteiger partial charge >= 0.3 is 0 Å². The molecule has 1 heterocycles. The average molecular weight is 171 g/mol. The molecular formula is C8H17N3O. The van der Waals surface area contributed by atoms with Crippen molar-refractivity contribution in [1.29, 1.82) is 0 Å². The van der Waals surface area contributed by atoms with Gasteiger partial charge in [-0.2, -0.15) is 0 Å². The summed E-state index contributed by atoms with van der Waals surface area (Å²) in [6.45, 7) is 4.35. The highest BCUT2D eigenvalue weighted by Crippen LogP contribution is 1.92. The number of carbonyl (C=O) groups is 1. The Morgan fingerprint density at radius 2 is 2.33 bits per heavy atom. The van der Waals surface area contributed by atoms with E-state index in [4.69, 9.17) is 0 Å². The van der Waals surface area contributed by atoms with Crippen LogP contribution in [0.25, 0.3) is 0 Å². The van der Waals surface area contributed by atoms with Gasteiger partial charge in [0.05, 0.1) is 6.54 Å². The molecule has 0 unspecified atom stereocenters. The van der Waals surface area contributed by atoms with Gasteiger partial charge in [0.15, 0.2) is 0 Å². The van der Waals surface area contributed by atoms with E-state index in [-0.39, 0.29) is 5.91 Å². The molecule has 1 aliphatic rings. The normalized spacial score (nSPS) is 19.8. The molecule has 1 aliphatic heterocycles. The number of piperazine rings is 1. The van der Waals surface area contributed by atoms with Crippen LogP contribution in [-0.2, 0) is 4.79 Å². The first-order valence-corrected chi connectivity index (χ1v) is 4.32. The zero-order chi connectivity index (χ0) is 8.97. The fourth-order valence-corrected chi connectivity index (χ4v) is 1.22. The maximum atomic E-state index is 11.0. The Morgan fingerprint density at radius 1 is 1.58 bits per heavy atom. The van der Waals surface area contributed by atoms with E-state index in [0.29, 0.717) is 6.54 Å². The van der Waals surface area contributed by atoms with Gasteiger partial charge in [-0.1, -0.05) is 0 Å². The number of nitrogens with zero attached hydrogens (tertiary/aromatic N) is 2. The number of nitrogens with one attached hydrogen (secondary N) is 1. The molecule has 0 saturated carbocycles. The molecule has 4 nitrogen and oxygen atoms in total. The third kappa shape index (κ3) is 3.19. The highest BCUT2D eigenvalue weighted by molar-refractivity contribution is 5.78. The largest absolute Gasteiger partial charge is 0.354 e. The van der Waals surface area contributed by atoms with E-state index < -0.39 is 0 Å². The molecule has 1 fully saturated rings. The van der Waals surface area contributed by atoms with E-state index in [1.807, 2.05) is 14.1 Å². The Morgan fingerprint density at radius 3 is 2.92 bits per heavy atom. The lowest BCUT2D eigenvalue weighted by molar-refractivity contribution is -0.124. The van der Waals surface area contributed by atoms with Gasteiger partial charge in [-0.05, 0) is 14.1 Å². The minimum absolute atomic E-state index is 0.153. The van der Waals surface area contributed by atoms with Crippen LogP contribution in [0.15, 0.2) is 0 Å². The van der Waals surface area contributed by atoms with Gasteiger partial charge in [-0.15, -0.1) is 0 Å². The predicted octanol–water partition coefficient (Wildman–Crippen LogP) is -1.02. The van der Waals surface area contributed by atoms with E-state index in [0.717, 1.165) is 26.2 Å². The van der Waals surface area contributed by atoms with E-state index in [2.05, 4.69) is 15.1 Å². The molecular weight excluding hydrogens is 154 g/mol. The van der Waals surface area contributed by atoms with Crippen molar-refractivity contribution in [2.24, 2.45) is 0 Å². The smallest absolute Gasteiger partial charge is 0.234 e. The number of hydrogen-bond acceptors (Lipinski definition) is 3. The molecule has 4 heteroatoms.